The highest BCUT2D eigenvalue weighted by Crippen LogP contribution is 2.08. The van der Waals surface area contributed by atoms with Crippen LogP contribution in [0.5, 0.6) is 0 Å². The number of aryl methyl sites for hydroxylation is 1. The highest BCUT2D eigenvalue weighted by atomic mass is 15.1. The average Bonchev–Trinajstić information content (AvgIpc) is 2.66. The van der Waals surface area contributed by atoms with Crippen LogP contribution in [0.15, 0.2) is 24.7 Å². The minimum absolute atomic E-state index is 0.839. The molecule has 0 aliphatic heterocycles. The Bertz CT molecular complexity index is 379. The molecule has 0 fully saturated rings. The Labute approximate surface area is 84.8 Å². The van der Waals surface area contributed by atoms with Crippen LogP contribution in [-0.4, -0.2) is 14.5 Å². The zero-order valence-electron chi connectivity index (χ0n) is 9.07. The van der Waals surface area contributed by atoms with E-state index in [9.17, 15) is 0 Å². The molecule has 0 aliphatic carbocycles. The second-order valence-corrected chi connectivity index (χ2v) is 2.78. The largest absolute Gasteiger partial charge is 0.329 e. The van der Waals surface area contributed by atoms with Gasteiger partial charge in [0.05, 0.1) is 11.8 Å². The van der Waals surface area contributed by atoms with Gasteiger partial charge in [-0.15, -0.1) is 0 Å². The molecule has 76 valence electrons. The number of nitrogens with zero attached hydrogens (tertiary/aromatic N) is 3. The Kier molecular flexibility index (Phi) is 4.11. The third kappa shape index (κ3) is 2.10. The number of hydrogen-bond donors (Lipinski definition) is 0. The summed E-state index contributed by atoms with van der Waals surface area (Å²) in [6, 6.07) is 3.99. The third-order valence-corrected chi connectivity index (χ3v) is 1.86. The first kappa shape index (κ1) is 10.7. The molecule has 0 amide bonds. The molecule has 0 atom stereocenters. The van der Waals surface area contributed by atoms with E-state index in [1.54, 1.807) is 6.20 Å². The van der Waals surface area contributed by atoms with Gasteiger partial charge in [0.2, 0.25) is 0 Å². The van der Waals surface area contributed by atoms with Crippen molar-refractivity contribution in [3.05, 3.63) is 24.7 Å². The van der Waals surface area contributed by atoms with Crippen LogP contribution < -0.4 is 0 Å². The number of rotatable bonds is 2. The lowest BCUT2D eigenvalue weighted by atomic mass is 10.4. The predicted molar refractivity (Wildman–Crippen MR) is 59.2 cm³/mol. The van der Waals surface area contributed by atoms with Crippen LogP contribution in [-0.2, 0) is 6.54 Å². The Hall–Kier alpha value is -1.38. The molecule has 3 heteroatoms. The Morgan fingerprint density at radius 1 is 1.29 bits per heavy atom. The monoisotopic (exact) mass is 191 g/mol. The van der Waals surface area contributed by atoms with Gasteiger partial charge in [0, 0.05) is 12.7 Å². The summed E-state index contributed by atoms with van der Waals surface area (Å²) >= 11 is 0. The van der Waals surface area contributed by atoms with Gasteiger partial charge in [0.15, 0.2) is 5.65 Å². The number of hydrogen-bond acceptors (Lipinski definition) is 2. The van der Waals surface area contributed by atoms with Crippen molar-refractivity contribution >= 4 is 11.2 Å². The van der Waals surface area contributed by atoms with E-state index in [1.807, 2.05) is 32.3 Å². The van der Waals surface area contributed by atoms with E-state index in [1.165, 1.54) is 0 Å². The van der Waals surface area contributed by atoms with Crippen molar-refractivity contribution in [1.82, 2.24) is 14.5 Å². The molecule has 3 nitrogen and oxygen atoms in total. The Balaban J connectivity index is 0.000000461. The van der Waals surface area contributed by atoms with Crippen LogP contribution in [0.2, 0.25) is 0 Å². The topological polar surface area (TPSA) is 30.7 Å². The second-order valence-electron chi connectivity index (χ2n) is 2.78. The molecule has 14 heavy (non-hydrogen) atoms. The van der Waals surface area contributed by atoms with Crippen LogP contribution in [0.25, 0.3) is 11.2 Å². The molecule has 0 saturated carbocycles. The first-order valence-electron chi connectivity index (χ1n) is 5.17. The van der Waals surface area contributed by atoms with Crippen LogP contribution in [0, 0.1) is 0 Å². The summed E-state index contributed by atoms with van der Waals surface area (Å²) in [5, 5.41) is 0. The van der Waals surface area contributed by atoms with Crippen LogP contribution in [0.3, 0.4) is 0 Å². The Morgan fingerprint density at radius 3 is 2.79 bits per heavy atom. The van der Waals surface area contributed by atoms with E-state index in [4.69, 9.17) is 0 Å². The predicted octanol–water partition coefficient (Wildman–Crippen LogP) is 2.87. The molecular weight excluding hydrogens is 174 g/mol. The quantitative estimate of drug-likeness (QED) is 0.730. The third-order valence-electron chi connectivity index (χ3n) is 1.86. The summed E-state index contributed by atoms with van der Waals surface area (Å²) < 4.78 is 2.13. The molecule has 2 rings (SSSR count). The second kappa shape index (κ2) is 5.37. The van der Waals surface area contributed by atoms with E-state index >= 15 is 0 Å². The van der Waals surface area contributed by atoms with Gasteiger partial charge in [-0.25, -0.2) is 9.97 Å². The number of aromatic nitrogens is 3. The first-order chi connectivity index (χ1) is 6.92. The van der Waals surface area contributed by atoms with Crippen LogP contribution in [0.1, 0.15) is 27.2 Å². The van der Waals surface area contributed by atoms with Gasteiger partial charge in [-0.3, -0.25) is 0 Å². The van der Waals surface area contributed by atoms with Crippen molar-refractivity contribution < 1.29 is 0 Å². The standard InChI is InChI=1S/C9H11N3.C2H6/c1-2-6-12-7-11-9-8(12)4-3-5-10-9;1-2/h3-5,7H,2,6H2,1H3;1-2H3. The SMILES string of the molecule is CC.CCCn1cnc2ncccc21. The summed E-state index contributed by atoms with van der Waals surface area (Å²) in [4.78, 5) is 8.34. The van der Waals surface area contributed by atoms with Crippen LogP contribution >= 0.6 is 0 Å². The fourth-order valence-electron chi connectivity index (χ4n) is 1.32. The molecule has 0 unspecified atom stereocenters. The highest BCUT2D eigenvalue weighted by molar-refractivity contribution is 5.70. The van der Waals surface area contributed by atoms with Gasteiger partial charge in [-0.1, -0.05) is 20.8 Å². The zero-order valence-corrected chi connectivity index (χ0v) is 9.07. The lowest BCUT2D eigenvalue weighted by molar-refractivity contribution is 0.697. The minimum atomic E-state index is 0.839. The summed E-state index contributed by atoms with van der Waals surface area (Å²) in [5.41, 5.74) is 1.96. The van der Waals surface area contributed by atoms with E-state index in [-0.39, 0.29) is 0 Å². The van der Waals surface area contributed by atoms with Crippen LogP contribution in [0.4, 0.5) is 0 Å². The van der Waals surface area contributed by atoms with Gasteiger partial charge < -0.3 is 4.57 Å². The zero-order chi connectivity index (χ0) is 10.4. The lowest BCUT2D eigenvalue weighted by Gasteiger charge is -1.98. The van der Waals surface area contributed by atoms with Crippen molar-refractivity contribution in [3.63, 3.8) is 0 Å². The maximum atomic E-state index is 4.19. The van der Waals surface area contributed by atoms with Crippen molar-refractivity contribution in [2.24, 2.45) is 0 Å². The summed E-state index contributed by atoms with van der Waals surface area (Å²) in [6.45, 7) is 7.17. The van der Waals surface area contributed by atoms with Crippen molar-refractivity contribution in [1.29, 1.82) is 0 Å². The van der Waals surface area contributed by atoms with E-state index < -0.39 is 0 Å². The maximum absolute atomic E-state index is 4.19. The molecule has 0 N–H and O–H groups in total. The smallest absolute Gasteiger partial charge is 0.177 e. The fourth-order valence-corrected chi connectivity index (χ4v) is 1.32. The number of fused-ring (bicyclic) bond motifs is 1. The lowest BCUT2D eigenvalue weighted by Crippen LogP contribution is -1.93. The number of imidazole rings is 1. The normalized spacial score (nSPS) is 9.64. The molecule has 0 spiro atoms. The molecule has 0 radical (unpaired) electrons. The van der Waals surface area contributed by atoms with E-state index in [2.05, 4.69) is 21.5 Å². The van der Waals surface area contributed by atoms with Crippen molar-refractivity contribution in [3.8, 4) is 0 Å². The van der Waals surface area contributed by atoms with Gasteiger partial charge >= 0.3 is 0 Å². The van der Waals surface area contributed by atoms with Gasteiger partial charge in [0.25, 0.3) is 0 Å². The van der Waals surface area contributed by atoms with Crippen molar-refractivity contribution in [2.75, 3.05) is 0 Å². The molecule has 0 aromatic carbocycles. The summed E-state index contributed by atoms with van der Waals surface area (Å²) in [6.07, 6.45) is 4.74. The van der Waals surface area contributed by atoms with Gasteiger partial charge in [-0.05, 0) is 18.6 Å². The minimum Gasteiger partial charge on any atom is -0.329 e. The number of pyridine rings is 1. The van der Waals surface area contributed by atoms with Gasteiger partial charge in [-0.2, -0.15) is 0 Å². The summed E-state index contributed by atoms with van der Waals surface area (Å²) in [7, 11) is 0. The first-order valence-corrected chi connectivity index (χ1v) is 5.17. The molecule has 0 aliphatic rings. The molecular formula is C11H17N3. The van der Waals surface area contributed by atoms with E-state index in [0.29, 0.717) is 0 Å². The molecule has 2 heterocycles. The highest BCUT2D eigenvalue weighted by Gasteiger charge is 1.99. The van der Waals surface area contributed by atoms with Crippen molar-refractivity contribution in [2.45, 2.75) is 33.7 Å². The fraction of sp³-hybridized carbons (Fsp3) is 0.455. The molecule has 2 aromatic rings. The molecule has 0 bridgehead atoms. The summed E-state index contributed by atoms with van der Waals surface area (Å²) in [5.74, 6) is 0. The maximum Gasteiger partial charge on any atom is 0.177 e. The average molecular weight is 191 g/mol. The van der Waals surface area contributed by atoms with E-state index in [0.717, 1.165) is 24.1 Å². The van der Waals surface area contributed by atoms with Gasteiger partial charge in [0.1, 0.15) is 0 Å². The Morgan fingerprint density at radius 2 is 2.07 bits per heavy atom. The molecule has 2 aromatic heterocycles. The molecule has 0 saturated heterocycles.